The summed E-state index contributed by atoms with van der Waals surface area (Å²) in [6, 6.07) is -0.203. The highest BCUT2D eigenvalue weighted by atomic mass is 35.5. The van der Waals surface area contributed by atoms with E-state index in [0.29, 0.717) is 6.42 Å². The number of aliphatic hydroxyl groups is 1. The van der Waals surface area contributed by atoms with Crippen molar-refractivity contribution in [2.24, 2.45) is 5.41 Å². The first-order valence-electron chi connectivity index (χ1n) is 4.03. The molecular weight excluding hydrogens is 214 g/mol. The Balaban J connectivity index is 2.60. The van der Waals surface area contributed by atoms with Crippen LogP contribution in [0.3, 0.4) is 0 Å². The van der Waals surface area contributed by atoms with Crippen molar-refractivity contribution in [1.82, 2.24) is 4.72 Å². The van der Waals surface area contributed by atoms with Gasteiger partial charge in [0.2, 0.25) is 10.0 Å². The van der Waals surface area contributed by atoms with E-state index in [1.54, 1.807) is 0 Å². The molecule has 78 valence electrons. The molecule has 0 heterocycles. The standard InChI is InChI=1S/C7H14ClNO3S/c1-7(2)5(3-6(7)10)9-13(11,12)4-8/h5-6,9-10H,3-4H2,1-2H3. The minimum Gasteiger partial charge on any atom is -0.392 e. The summed E-state index contributed by atoms with van der Waals surface area (Å²) in [5, 5.41) is 8.91. The predicted molar refractivity (Wildman–Crippen MR) is 51.0 cm³/mol. The average Bonchev–Trinajstić information content (AvgIpc) is 2.04. The Morgan fingerprint density at radius 1 is 1.62 bits per heavy atom. The van der Waals surface area contributed by atoms with Crippen molar-refractivity contribution in [3.8, 4) is 0 Å². The van der Waals surface area contributed by atoms with E-state index in [1.807, 2.05) is 13.8 Å². The number of hydrogen-bond acceptors (Lipinski definition) is 3. The highest BCUT2D eigenvalue weighted by Gasteiger charge is 2.48. The first-order chi connectivity index (χ1) is 5.79. The van der Waals surface area contributed by atoms with E-state index in [1.165, 1.54) is 0 Å². The second kappa shape index (κ2) is 3.38. The third-order valence-electron chi connectivity index (χ3n) is 2.68. The van der Waals surface area contributed by atoms with Gasteiger partial charge >= 0.3 is 0 Å². The predicted octanol–water partition coefficient (Wildman–Crippen LogP) is 0.262. The topological polar surface area (TPSA) is 66.4 Å². The van der Waals surface area contributed by atoms with Crippen LogP contribution in [-0.4, -0.2) is 30.9 Å². The van der Waals surface area contributed by atoms with Crippen LogP contribution in [0.15, 0.2) is 0 Å². The molecule has 0 aliphatic heterocycles. The molecule has 0 spiro atoms. The van der Waals surface area contributed by atoms with Crippen LogP contribution in [0.4, 0.5) is 0 Å². The molecular formula is C7H14ClNO3S. The Kier molecular flexibility index (Phi) is 2.92. The number of alkyl halides is 1. The fourth-order valence-electron chi connectivity index (χ4n) is 1.35. The Morgan fingerprint density at radius 3 is 2.46 bits per heavy atom. The van der Waals surface area contributed by atoms with E-state index in [2.05, 4.69) is 4.72 Å². The minimum atomic E-state index is -3.37. The van der Waals surface area contributed by atoms with Crippen LogP contribution in [-0.2, 0) is 10.0 Å². The van der Waals surface area contributed by atoms with Gasteiger partial charge in [0, 0.05) is 11.5 Å². The van der Waals surface area contributed by atoms with Crippen molar-refractivity contribution in [2.75, 3.05) is 5.21 Å². The zero-order valence-corrected chi connectivity index (χ0v) is 9.19. The SMILES string of the molecule is CC1(C)C(O)CC1NS(=O)(=O)CCl. The molecule has 0 bridgehead atoms. The largest absolute Gasteiger partial charge is 0.392 e. The summed E-state index contributed by atoms with van der Waals surface area (Å²) in [4.78, 5) is 0. The molecule has 1 fully saturated rings. The normalized spacial score (nSPS) is 32.6. The summed E-state index contributed by atoms with van der Waals surface area (Å²) in [6.07, 6.45) is 0.0267. The van der Waals surface area contributed by atoms with Gasteiger partial charge in [-0.1, -0.05) is 13.8 Å². The lowest BCUT2D eigenvalue weighted by molar-refractivity contribution is -0.0644. The molecule has 0 saturated heterocycles. The maximum Gasteiger partial charge on any atom is 0.225 e. The minimum absolute atomic E-state index is 0.203. The van der Waals surface area contributed by atoms with Crippen molar-refractivity contribution in [1.29, 1.82) is 0 Å². The summed E-state index contributed by atoms with van der Waals surface area (Å²) < 4.78 is 24.6. The van der Waals surface area contributed by atoms with Gasteiger partial charge < -0.3 is 5.11 Å². The summed E-state index contributed by atoms with van der Waals surface area (Å²) in [5.41, 5.74) is -0.390. The molecule has 4 nitrogen and oxygen atoms in total. The van der Waals surface area contributed by atoms with Gasteiger partial charge in [-0.3, -0.25) is 0 Å². The molecule has 0 radical (unpaired) electrons. The average molecular weight is 228 g/mol. The first-order valence-corrected chi connectivity index (χ1v) is 6.22. The van der Waals surface area contributed by atoms with E-state index in [9.17, 15) is 13.5 Å². The molecule has 0 aromatic rings. The molecule has 0 aromatic carbocycles. The molecule has 0 aromatic heterocycles. The van der Waals surface area contributed by atoms with Crippen LogP contribution < -0.4 is 4.72 Å². The molecule has 1 aliphatic carbocycles. The quantitative estimate of drug-likeness (QED) is 0.680. The molecule has 1 rings (SSSR count). The van der Waals surface area contributed by atoms with Crippen LogP contribution >= 0.6 is 11.6 Å². The number of halogens is 1. The molecule has 13 heavy (non-hydrogen) atoms. The van der Waals surface area contributed by atoms with Gasteiger partial charge in [0.15, 0.2) is 0 Å². The highest BCUT2D eigenvalue weighted by Crippen LogP contribution is 2.40. The van der Waals surface area contributed by atoms with Gasteiger partial charge in [-0.25, -0.2) is 13.1 Å². The van der Waals surface area contributed by atoms with E-state index in [-0.39, 0.29) is 11.5 Å². The van der Waals surface area contributed by atoms with E-state index < -0.39 is 21.3 Å². The first kappa shape index (κ1) is 11.2. The lowest BCUT2D eigenvalue weighted by Crippen LogP contribution is -2.61. The molecule has 1 saturated carbocycles. The lowest BCUT2D eigenvalue weighted by Gasteiger charge is -2.49. The van der Waals surface area contributed by atoms with Gasteiger partial charge in [0.05, 0.1) is 6.10 Å². The van der Waals surface area contributed by atoms with Gasteiger partial charge in [-0.05, 0) is 6.42 Å². The van der Waals surface area contributed by atoms with Crippen LogP contribution in [0.5, 0.6) is 0 Å². The summed E-state index contributed by atoms with van der Waals surface area (Å²) in [6.45, 7) is 3.64. The van der Waals surface area contributed by atoms with Gasteiger partial charge in [0.1, 0.15) is 5.21 Å². The van der Waals surface area contributed by atoms with Crippen LogP contribution in [0.25, 0.3) is 0 Å². The second-order valence-corrected chi connectivity index (χ2v) is 6.31. The third-order valence-corrected chi connectivity index (χ3v) is 4.47. The molecule has 6 heteroatoms. The third kappa shape index (κ3) is 2.15. The fourth-order valence-corrected chi connectivity index (χ4v) is 2.44. The highest BCUT2D eigenvalue weighted by molar-refractivity contribution is 7.90. The smallest absolute Gasteiger partial charge is 0.225 e. The molecule has 2 atom stereocenters. The van der Waals surface area contributed by atoms with Gasteiger partial charge in [0.25, 0.3) is 0 Å². The number of rotatable bonds is 3. The Morgan fingerprint density at radius 2 is 2.15 bits per heavy atom. The summed E-state index contributed by atoms with van der Waals surface area (Å²) >= 11 is 5.23. The number of sulfonamides is 1. The van der Waals surface area contributed by atoms with Crippen molar-refractivity contribution in [3.05, 3.63) is 0 Å². The molecule has 2 N–H and O–H groups in total. The number of hydrogen-bond donors (Lipinski definition) is 2. The zero-order chi connectivity index (χ0) is 10.3. The summed E-state index contributed by atoms with van der Waals surface area (Å²) in [5.74, 6) is 0. The lowest BCUT2D eigenvalue weighted by atomic mass is 9.65. The zero-order valence-electron chi connectivity index (χ0n) is 7.62. The van der Waals surface area contributed by atoms with E-state index >= 15 is 0 Å². The Labute approximate surface area is 83.3 Å². The Hall–Kier alpha value is 0.160. The monoisotopic (exact) mass is 227 g/mol. The van der Waals surface area contributed by atoms with Crippen LogP contribution in [0, 0.1) is 5.41 Å². The number of aliphatic hydroxyl groups excluding tert-OH is 1. The molecule has 0 amide bonds. The maximum atomic E-state index is 11.1. The van der Waals surface area contributed by atoms with Gasteiger partial charge in [-0.2, -0.15) is 0 Å². The van der Waals surface area contributed by atoms with Crippen LogP contribution in [0.2, 0.25) is 0 Å². The van der Waals surface area contributed by atoms with Crippen molar-refractivity contribution < 1.29 is 13.5 Å². The number of nitrogens with one attached hydrogen (secondary N) is 1. The van der Waals surface area contributed by atoms with E-state index in [4.69, 9.17) is 11.6 Å². The maximum absolute atomic E-state index is 11.1. The summed E-state index contributed by atoms with van der Waals surface area (Å²) in [7, 11) is -3.37. The molecule has 1 aliphatic rings. The van der Waals surface area contributed by atoms with Crippen molar-refractivity contribution in [2.45, 2.75) is 32.4 Å². The fraction of sp³-hybridized carbons (Fsp3) is 1.00. The van der Waals surface area contributed by atoms with Crippen LogP contribution in [0.1, 0.15) is 20.3 Å². The van der Waals surface area contributed by atoms with Crippen molar-refractivity contribution in [3.63, 3.8) is 0 Å². The second-order valence-electron chi connectivity index (χ2n) is 3.97. The Bertz CT molecular complexity index is 288. The van der Waals surface area contributed by atoms with Gasteiger partial charge in [-0.15, -0.1) is 11.6 Å². The molecule has 2 unspecified atom stereocenters. The van der Waals surface area contributed by atoms with Crippen molar-refractivity contribution >= 4 is 21.6 Å². The van der Waals surface area contributed by atoms with E-state index in [0.717, 1.165) is 0 Å².